The van der Waals surface area contributed by atoms with Crippen molar-refractivity contribution in [2.45, 2.75) is 38.5 Å². The van der Waals surface area contributed by atoms with Crippen LogP contribution in [-0.2, 0) is 25.7 Å². The van der Waals surface area contributed by atoms with Crippen LogP contribution in [0.1, 0.15) is 25.3 Å². The molecule has 1 fully saturated rings. The number of hydrogen-bond donors (Lipinski definition) is 2. The Labute approximate surface area is 158 Å². The molecule has 2 N–H and O–H groups in total. The van der Waals surface area contributed by atoms with Crippen molar-refractivity contribution in [2.24, 2.45) is 0 Å². The van der Waals surface area contributed by atoms with Crippen LogP contribution in [0.25, 0.3) is 0 Å². The van der Waals surface area contributed by atoms with Gasteiger partial charge in [-0.3, -0.25) is 0 Å². The molecule has 0 aliphatic carbocycles. The molecule has 1 heterocycles. The van der Waals surface area contributed by atoms with Crippen LogP contribution in [0.15, 0.2) is 30.3 Å². The number of rotatable bonds is 7. The van der Waals surface area contributed by atoms with Gasteiger partial charge in [0.15, 0.2) is 0 Å². The second-order valence-electron chi connectivity index (χ2n) is 6.24. The van der Waals surface area contributed by atoms with Crippen molar-refractivity contribution in [3.8, 4) is 0 Å². The number of amides is 2. The van der Waals surface area contributed by atoms with E-state index in [9.17, 15) is 19.5 Å². The van der Waals surface area contributed by atoms with Crippen molar-refractivity contribution >= 4 is 31.1 Å². The second-order valence-corrected chi connectivity index (χ2v) is 6.24. The van der Waals surface area contributed by atoms with Crippen LogP contribution in [0.3, 0.4) is 0 Å². The number of benzene rings is 1. The van der Waals surface area contributed by atoms with Crippen molar-refractivity contribution in [1.82, 2.24) is 10.2 Å². The van der Waals surface area contributed by atoms with Crippen LogP contribution in [0.5, 0.6) is 0 Å². The van der Waals surface area contributed by atoms with Gasteiger partial charge in [-0.15, -0.1) is 0 Å². The Morgan fingerprint density at radius 3 is 2.63 bits per heavy atom. The Kier molecular flexibility index (Phi) is 7.39. The molecule has 0 aromatic heterocycles. The van der Waals surface area contributed by atoms with Gasteiger partial charge in [0, 0.05) is 0 Å². The summed E-state index contributed by atoms with van der Waals surface area (Å²) in [6.45, 7) is 1.35. The van der Waals surface area contributed by atoms with E-state index < -0.39 is 30.1 Å². The number of likely N-dealkylation sites (tertiary alicyclic amines) is 1. The molecule has 2 amide bonds. The summed E-state index contributed by atoms with van der Waals surface area (Å²) in [6, 6.07) is 7.46. The second kappa shape index (κ2) is 9.75. The number of ether oxygens (including phenoxy) is 2. The first-order chi connectivity index (χ1) is 12.9. The third-order valence-corrected chi connectivity index (χ3v) is 4.18. The van der Waals surface area contributed by atoms with E-state index in [1.54, 1.807) is 12.1 Å². The van der Waals surface area contributed by atoms with Gasteiger partial charge < -0.3 is 0 Å². The minimum absolute atomic E-state index is 0.0426. The molecule has 1 aromatic carbocycles. The van der Waals surface area contributed by atoms with E-state index in [1.165, 1.54) is 11.8 Å². The summed E-state index contributed by atoms with van der Waals surface area (Å²) in [5, 5.41) is 12.1. The quantitative estimate of drug-likeness (QED) is 0.523. The third kappa shape index (κ3) is 6.12. The average molecular weight is 374 g/mol. The number of hydrogen-bond acceptors (Lipinski definition) is 6. The molecule has 1 saturated heterocycles. The average Bonchev–Trinajstić information content (AvgIpc) is 3.13. The number of carbonyl (C=O) groups excluding carboxylic acids is 3. The van der Waals surface area contributed by atoms with Crippen molar-refractivity contribution in [2.75, 3.05) is 13.2 Å². The van der Waals surface area contributed by atoms with Gasteiger partial charge in [0.05, 0.1) is 0 Å². The van der Waals surface area contributed by atoms with E-state index in [0.717, 1.165) is 5.56 Å². The van der Waals surface area contributed by atoms with E-state index in [-0.39, 0.29) is 18.9 Å². The van der Waals surface area contributed by atoms with Crippen molar-refractivity contribution < 1.29 is 29.0 Å². The molecule has 0 saturated carbocycles. The van der Waals surface area contributed by atoms with Crippen LogP contribution in [0.2, 0.25) is 0 Å². The van der Waals surface area contributed by atoms with E-state index in [0.29, 0.717) is 19.4 Å². The topological polar surface area (TPSA) is 105 Å². The Balaban J connectivity index is 1.99. The summed E-state index contributed by atoms with van der Waals surface area (Å²) < 4.78 is 10.0. The van der Waals surface area contributed by atoms with Gasteiger partial charge in [0.25, 0.3) is 0 Å². The zero-order valence-electron chi connectivity index (χ0n) is 15.2. The van der Waals surface area contributed by atoms with Gasteiger partial charge in [0.2, 0.25) is 0 Å². The molecule has 8 nitrogen and oxygen atoms in total. The SMILES string of the molecule is B=C(O)[C@@H]1CCCN1C(=O)[C@H](COC(C)=O)NC(=O)OCc1ccccc1. The van der Waals surface area contributed by atoms with Crippen molar-refractivity contribution in [1.29, 1.82) is 0 Å². The van der Waals surface area contributed by atoms with Gasteiger partial charge in [0.1, 0.15) is 0 Å². The van der Waals surface area contributed by atoms with E-state index in [2.05, 4.69) is 12.8 Å². The first-order valence-electron chi connectivity index (χ1n) is 8.67. The van der Waals surface area contributed by atoms with Crippen LogP contribution >= 0.6 is 0 Å². The predicted molar refractivity (Wildman–Crippen MR) is 99.0 cm³/mol. The van der Waals surface area contributed by atoms with Gasteiger partial charge in [-0.05, 0) is 0 Å². The molecule has 2 atom stereocenters. The number of aliphatic hydroxyl groups excluding tert-OH is 1. The van der Waals surface area contributed by atoms with Crippen LogP contribution < -0.4 is 5.32 Å². The van der Waals surface area contributed by atoms with Gasteiger partial charge in [-0.1, -0.05) is 6.07 Å². The third-order valence-electron chi connectivity index (χ3n) is 4.18. The van der Waals surface area contributed by atoms with Crippen molar-refractivity contribution in [3.05, 3.63) is 35.9 Å². The number of carbonyl (C=O) groups is 3. The molecule has 0 spiro atoms. The number of nitrogens with one attached hydrogen (secondary N) is 1. The van der Waals surface area contributed by atoms with Gasteiger partial charge in [-0.2, -0.15) is 0 Å². The fraction of sp³-hybridized carbons (Fsp3) is 0.444. The number of alkyl carbamates (subject to hydrolysis) is 1. The van der Waals surface area contributed by atoms with E-state index in [1.807, 2.05) is 18.2 Å². The summed E-state index contributed by atoms with van der Waals surface area (Å²) in [6.07, 6.45) is 0.483. The number of aliphatic hydroxyl groups is 1. The summed E-state index contributed by atoms with van der Waals surface area (Å²) in [5.74, 6) is -1.04. The summed E-state index contributed by atoms with van der Waals surface area (Å²) in [4.78, 5) is 37.4. The number of esters is 1. The maximum absolute atomic E-state index is 12.8. The van der Waals surface area contributed by atoms with Gasteiger partial charge in [-0.25, -0.2) is 0 Å². The Hall–Kier alpha value is -2.84. The van der Waals surface area contributed by atoms with Crippen molar-refractivity contribution in [3.63, 3.8) is 0 Å². The fourth-order valence-electron chi connectivity index (χ4n) is 2.86. The van der Waals surface area contributed by atoms with E-state index >= 15 is 0 Å². The maximum atomic E-state index is 12.8. The molecule has 9 heteroatoms. The minimum atomic E-state index is -1.11. The summed E-state index contributed by atoms with van der Waals surface area (Å²) in [5.41, 5.74) is 0.686. The zero-order chi connectivity index (χ0) is 19.8. The summed E-state index contributed by atoms with van der Waals surface area (Å²) in [7, 11) is 3.49. The molecule has 2 rings (SSSR count). The zero-order valence-corrected chi connectivity index (χ0v) is 15.2. The molecule has 0 unspecified atom stereocenters. The molecule has 1 aliphatic rings. The predicted octanol–water partition coefficient (Wildman–Crippen LogP) is 0.239. The monoisotopic (exact) mass is 374 g/mol. The Morgan fingerprint density at radius 2 is 2.00 bits per heavy atom. The van der Waals surface area contributed by atoms with Crippen LogP contribution in [0, 0.1) is 0 Å². The Morgan fingerprint density at radius 1 is 1.30 bits per heavy atom. The van der Waals surface area contributed by atoms with Gasteiger partial charge >= 0.3 is 152 Å². The first-order valence-corrected chi connectivity index (χ1v) is 8.67. The molecule has 0 radical (unpaired) electrons. The van der Waals surface area contributed by atoms with E-state index in [4.69, 9.17) is 9.47 Å². The Bertz CT molecular complexity index is 696. The molecule has 0 bridgehead atoms. The van der Waals surface area contributed by atoms with Crippen LogP contribution in [-0.4, -0.2) is 66.3 Å². The molecular formula is C18H23BN2O6. The molecule has 27 heavy (non-hydrogen) atoms. The molecule has 1 aromatic rings. The fourth-order valence-corrected chi connectivity index (χ4v) is 2.86. The molecular weight excluding hydrogens is 351 g/mol. The molecule has 1 aliphatic heterocycles. The first kappa shape index (κ1) is 20.5. The number of nitrogens with zero attached hydrogens (tertiary/aromatic N) is 1. The standard InChI is InChI=1S/C18H23BN2O6/c1-12(22)26-11-14(17(24)21-9-5-8-15(21)16(19)23)20-18(25)27-10-13-6-3-2-4-7-13/h2-4,6-7,14-15,19,23H,5,8-11H2,1H3,(H,20,25)/t14-,15-/m0/s1. The molecule has 144 valence electrons. The van der Waals surface area contributed by atoms with Crippen LogP contribution in [0.4, 0.5) is 4.79 Å². The normalized spacial score (nSPS) is 17.0. The summed E-state index contributed by atoms with van der Waals surface area (Å²) >= 11 is 0.